The van der Waals surface area contributed by atoms with Crippen LogP contribution in [-0.2, 0) is 4.74 Å². The third-order valence-electron chi connectivity index (χ3n) is 3.35. The molecule has 0 saturated heterocycles. The van der Waals surface area contributed by atoms with E-state index in [9.17, 15) is 27.2 Å². The molecule has 2 aromatic carbocycles. The number of hydrogen-bond donors (Lipinski definition) is 1. The van der Waals surface area contributed by atoms with Crippen molar-refractivity contribution >= 4 is 11.9 Å². The van der Waals surface area contributed by atoms with Gasteiger partial charge in [0.15, 0.2) is 23.3 Å². The predicted molar refractivity (Wildman–Crippen MR) is 84.5 cm³/mol. The van der Waals surface area contributed by atoms with E-state index in [1.165, 1.54) is 13.8 Å². The zero-order valence-electron chi connectivity index (χ0n) is 13.9. The van der Waals surface area contributed by atoms with Gasteiger partial charge in [0.1, 0.15) is 6.61 Å². The summed E-state index contributed by atoms with van der Waals surface area (Å²) in [6, 6.07) is 5.23. The normalized spacial score (nSPS) is 11.2. The Labute approximate surface area is 146 Å². The van der Waals surface area contributed by atoms with Gasteiger partial charge in [-0.15, -0.1) is 0 Å². The smallest absolute Gasteiger partial charge is 0.338 e. The Balaban J connectivity index is 1.99. The van der Waals surface area contributed by atoms with E-state index in [1.54, 1.807) is 0 Å². The number of rotatable bonds is 5. The number of carbonyl (C=O) groups excluding carboxylic acids is 2. The van der Waals surface area contributed by atoms with Crippen LogP contribution in [0.3, 0.4) is 0 Å². The number of benzene rings is 2. The van der Waals surface area contributed by atoms with E-state index in [-0.39, 0.29) is 17.7 Å². The molecule has 2 rings (SSSR count). The monoisotopic (exact) mass is 369 g/mol. The van der Waals surface area contributed by atoms with Gasteiger partial charge in [0.05, 0.1) is 11.1 Å². The van der Waals surface area contributed by atoms with E-state index in [4.69, 9.17) is 4.74 Å². The van der Waals surface area contributed by atoms with Gasteiger partial charge in [-0.2, -0.15) is 0 Å². The van der Waals surface area contributed by atoms with Crippen molar-refractivity contribution in [1.29, 1.82) is 0 Å². The number of halogens is 4. The molecule has 0 atom stereocenters. The first-order valence-electron chi connectivity index (χ1n) is 7.49. The second-order valence-electron chi connectivity index (χ2n) is 6.17. The number of esters is 1. The molecule has 0 fully saturated rings. The average molecular weight is 369 g/mol. The highest BCUT2D eigenvalue weighted by Gasteiger charge is 2.24. The largest absolute Gasteiger partial charge is 0.460 e. The van der Waals surface area contributed by atoms with Crippen LogP contribution in [0, 0.1) is 23.3 Å². The van der Waals surface area contributed by atoms with Gasteiger partial charge in [-0.25, -0.2) is 22.4 Å². The minimum atomic E-state index is -1.19. The van der Waals surface area contributed by atoms with Gasteiger partial charge >= 0.3 is 5.97 Å². The van der Waals surface area contributed by atoms with E-state index < -0.39 is 40.7 Å². The molecule has 0 heterocycles. The molecule has 0 spiro atoms. The summed E-state index contributed by atoms with van der Waals surface area (Å²) in [7, 11) is 0. The topological polar surface area (TPSA) is 55.4 Å². The number of carbonyl (C=O) groups is 2. The molecule has 0 unspecified atom stereocenters. The van der Waals surface area contributed by atoms with E-state index in [0.717, 1.165) is 30.3 Å². The molecule has 4 nitrogen and oxygen atoms in total. The Kier molecular flexibility index (Phi) is 5.64. The van der Waals surface area contributed by atoms with Crippen molar-refractivity contribution in [2.75, 3.05) is 6.61 Å². The number of ether oxygens (including phenoxy) is 1. The molecule has 1 N–H and O–H groups in total. The van der Waals surface area contributed by atoms with Crippen molar-refractivity contribution in [3.05, 3.63) is 70.8 Å². The molecular formula is C18H15F4NO3. The lowest BCUT2D eigenvalue weighted by molar-refractivity contribution is 0.0389. The highest BCUT2D eigenvalue weighted by atomic mass is 19.2. The molecule has 1 amide bonds. The zero-order chi connectivity index (χ0) is 19.5. The van der Waals surface area contributed by atoms with Gasteiger partial charge in [0, 0.05) is 5.56 Å². The van der Waals surface area contributed by atoms with Gasteiger partial charge < -0.3 is 10.1 Å². The van der Waals surface area contributed by atoms with Crippen LogP contribution >= 0.6 is 0 Å². The highest BCUT2D eigenvalue weighted by molar-refractivity contribution is 5.94. The predicted octanol–water partition coefficient (Wildman–Crippen LogP) is 3.61. The van der Waals surface area contributed by atoms with Crippen LogP contribution in [0.4, 0.5) is 17.6 Å². The Hall–Kier alpha value is -2.90. The van der Waals surface area contributed by atoms with E-state index in [0.29, 0.717) is 6.07 Å². The summed E-state index contributed by atoms with van der Waals surface area (Å²) < 4.78 is 57.1. The van der Waals surface area contributed by atoms with Crippen molar-refractivity contribution in [3.8, 4) is 0 Å². The number of hydrogen-bond acceptors (Lipinski definition) is 3. The molecule has 0 aliphatic rings. The molecule has 26 heavy (non-hydrogen) atoms. The fourth-order valence-corrected chi connectivity index (χ4v) is 2.01. The minimum absolute atomic E-state index is 0.107. The lowest BCUT2D eigenvalue weighted by atomic mass is 10.1. The Bertz CT molecular complexity index is 852. The maximum atomic E-state index is 13.2. The van der Waals surface area contributed by atoms with Crippen molar-refractivity contribution < 1.29 is 31.9 Å². The van der Waals surface area contributed by atoms with E-state index in [2.05, 4.69) is 5.32 Å². The van der Waals surface area contributed by atoms with Gasteiger partial charge in [-0.05, 0) is 50.2 Å². The SMILES string of the molecule is CC(C)(COC(=O)c1ccc(F)c(F)c1)NC(=O)c1ccc(F)c(F)c1. The Morgan fingerprint density at radius 2 is 1.38 bits per heavy atom. The van der Waals surface area contributed by atoms with Gasteiger partial charge in [-0.3, -0.25) is 4.79 Å². The van der Waals surface area contributed by atoms with Crippen LogP contribution in [-0.4, -0.2) is 24.0 Å². The van der Waals surface area contributed by atoms with Crippen molar-refractivity contribution in [2.24, 2.45) is 0 Å². The van der Waals surface area contributed by atoms with Crippen molar-refractivity contribution in [2.45, 2.75) is 19.4 Å². The van der Waals surface area contributed by atoms with Gasteiger partial charge in [-0.1, -0.05) is 0 Å². The summed E-state index contributed by atoms with van der Waals surface area (Å²) in [4.78, 5) is 24.0. The fraction of sp³-hybridized carbons (Fsp3) is 0.222. The van der Waals surface area contributed by atoms with Gasteiger partial charge in [0.25, 0.3) is 5.91 Å². The van der Waals surface area contributed by atoms with E-state index in [1.807, 2.05) is 0 Å². The molecule has 0 saturated carbocycles. The molecule has 138 valence electrons. The van der Waals surface area contributed by atoms with Crippen LogP contribution in [0.15, 0.2) is 36.4 Å². The molecule has 0 aliphatic heterocycles. The first-order chi connectivity index (χ1) is 12.1. The second kappa shape index (κ2) is 7.55. The van der Waals surface area contributed by atoms with Crippen LogP contribution in [0.25, 0.3) is 0 Å². The zero-order valence-corrected chi connectivity index (χ0v) is 13.9. The summed E-state index contributed by atoms with van der Waals surface area (Å²) in [5, 5.41) is 2.51. The lowest BCUT2D eigenvalue weighted by Crippen LogP contribution is -2.47. The molecule has 2 aromatic rings. The minimum Gasteiger partial charge on any atom is -0.460 e. The van der Waals surface area contributed by atoms with Crippen molar-refractivity contribution in [1.82, 2.24) is 5.32 Å². The van der Waals surface area contributed by atoms with Crippen LogP contribution in [0.1, 0.15) is 34.6 Å². The summed E-state index contributed by atoms with van der Waals surface area (Å²) in [5.41, 5.74) is -1.36. The third kappa shape index (κ3) is 4.81. The molecule has 0 aromatic heterocycles. The summed E-state index contributed by atoms with van der Waals surface area (Å²) in [6.45, 7) is 2.77. The Morgan fingerprint density at radius 1 is 0.885 bits per heavy atom. The maximum Gasteiger partial charge on any atom is 0.338 e. The van der Waals surface area contributed by atoms with Crippen molar-refractivity contribution in [3.63, 3.8) is 0 Å². The number of nitrogens with one attached hydrogen (secondary N) is 1. The van der Waals surface area contributed by atoms with Crippen LogP contribution < -0.4 is 5.32 Å². The summed E-state index contributed by atoms with van der Waals surface area (Å²) in [6.07, 6.45) is 0. The summed E-state index contributed by atoms with van der Waals surface area (Å²) >= 11 is 0. The van der Waals surface area contributed by atoms with E-state index >= 15 is 0 Å². The summed E-state index contributed by atoms with van der Waals surface area (Å²) in [5.74, 6) is -6.13. The first-order valence-corrected chi connectivity index (χ1v) is 7.49. The molecule has 0 bridgehead atoms. The second-order valence-corrected chi connectivity index (χ2v) is 6.17. The lowest BCUT2D eigenvalue weighted by Gasteiger charge is -2.25. The van der Waals surface area contributed by atoms with Gasteiger partial charge in [0.2, 0.25) is 0 Å². The molecule has 8 heteroatoms. The third-order valence-corrected chi connectivity index (χ3v) is 3.35. The molecular weight excluding hydrogens is 354 g/mol. The fourth-order valence-electron chi connectivity index (χ4n) is 2.01. The molecule has 0 aliphatic carbocycles. The highest BCUT2D eigenvalue weighted by Crippen LogP contribution is 2.13. The number of amides is 1. The standard InChI is InChI=1S/C18H15F4NO3/c1-18(2,23-16(24)10-3-5-12(19)14(21)7-10)9-26-17(25)11-4-6-13(20)15(22)8-11/h3-8H,9H2,1-2H3,(H,23,24). The van der Waals surface area contributed by atoms with Crippen LogP contribution in [0.5, 0.6) is 0 Å². The average Bonchev–Trinajstić information content (AvgIpc) is 2.57. The quantitative estimate of drug-likeness (QED) is 0.647. The van der Waals surface area contributed by atoms with Crippen LogP contribution in [0.2, 0.25) is 0 Å². The first kappa shape index (κ1) is 19.4. The maximum absolute atomic E-state index is 13.2. The molecule has 0 radical (unpaired) electrons. The Morgan fingerprint density at radius 3 is 1.92 bits per heavy atom.